The molecule has 0 aliphatic rings. The van der Waals surface area contributed by atoms with Gasteiger partial charge in [-0.1, -0.05) is 0 Å². The molecule has 0 fully saturated rings. The molecule has 4 nitrogen and oxygen atoms in total. The van der Waals surface area contributed by atoms with Gasteiger partial charge in [0.05, 0.1) is 6.54 Å². The van der Waals surface area contributed by atoms with Crippen molar-refractivity contribution in [1.29, 1.82) is 0 Å². The van der Waals surface area contributed by atoms with Gasteiger partial charge in [-0.3, -0.25) is 4.79 Å². The highest BCUT2D eigenvalue weighted by molar-refractivity contribution is 5.86. The van der Waals surface area contributed by atoms with Gasteiger partial charge in [0, 0.05) is 11.8 Å². The van der Waals surface area contributed by atoms with Gasteiger partial charge in [0.15, 0.2) is 0 Å². The second-order valence-corrected chi connectivity index (χ2v) is 3.90. The molecular formula is C13H9F2NO3. The molecule has 1 heterocycles. The van der Waals surface area contributed by atoms with E-state index < -0.39 is 28.7 Å². The number of pyridine rings is 1. The first-order valence-corrected chi connectivity index (χ1v) is 5.35. The Kier molecular flexibility index (Phi) is 3.41. The first kappa shape index (κ1) is 12.9. The number of rotatable bonds is 3. The van der Waals surface area contributed by atoms with E-state index >= 15 is 0 Å². The number of hydrogen-bond acceptors (Lipinski definition) is 2. The van der Waals surface area contributed by atoms with Crippen LogP contribution in [0.3, 0.4) is 0 Å². The SMILES string of the molecule is O=C(O)c1cccn(Cc2cc(F)ccc2F)c1=O. The lowest BCUT2D eigenvalue weighted by molar-refractivity contribution is 0.0694. The van der Waals surface area contributed by atoms with Crippen LogP contribution in [0.25, 0.3) is 0 Å². The summed E-state index contributed by atoms with van der Waals surface area (Å²) >= 11 is 0. The number of halogens is 2. The summed E-state index contributed by atoms with van der Waals surface area (Å²) in [5.74, 6) is -2.65. The standard InChI is InChI=1S/C13H9F2NO3/c14-9-3-4-11(15)8(6-9)7-16-5-1-2-10(12(16)17)13(18)19/h1-6H,7H2,(H,18,19). The number of hydrogen-bond donors (Lipinski definition) is 1. The van der Waals surface area contributed by atoms with Crippen molar-refractivity contribution >= 4 is 5.97 Å². The van der Waals surface area contributed by atoms with Crippen molar-refractivity contribution in [3.8, 4) is 0 Å². The van der Waals surface area contributed by atoms with Gasteiger partial charge in [-0.05, 0) is 30.3 Å². The molecule has 1 aromatic heterocycles. The first-order chi connectivity index (χ1) is 8.99. The maximum atomic E-state index is 13.4. The highest BCUT2D eigenvalue weighted by Gasteiger charge is 2.11. The topological polar surface area (TPSA) is 59.3 Å². The summed E-state index contributed by atoms with van der Waals surface area (Å²) in [7, 11) is 0. The van der Waals surface area contributed by atoms with E-state index in [1.54, 1.807) is 0 Å². The molecular weight excluding hydrogens is 256 g/mol. The van der Waals surface area contributed by atoms with Crippen molar-refractivity contribution in [2.24, 2.45) is 0 Å². The summed E-state index contributed by atoms with van der Waals surface area (Å²) in [6, 6.07) is 5.41. The minimum atomic E-state index is -1.36. The minimum Gasteiger partial charge on any atom is -0.477 e. The van der Waals surface area contributed by atoms with E-state index in [2.05, 4.69) is 0 Å². The monoisotopic (exact) mass is 265 g/mol. The molecule has 0 radical (unpaired) electrons. The fraction of sp³-hybridized carbons (Fsp3) is 0.0769. The minimum absolute atomic E-state index is 0.0235. The summed E-state index contributed by atoms with van der Waals surface area (Å²) in [5.41, 5.74) is -1.21. The van der Waals surface area contributed by atoms with Gasteiger partial charge in [0.25, 0.3) is 5.56 Å². The van der Waals surface area contributed by atoms with Gasteiger partial charge in [-0.2, -0.15) is 0 Å². The van der Waals surface area contributed by atoms with Crippen LogP contribution in [-0.2, 0) is 6.54 Å². The quantitative estimate of drug-likeness (QED) is 0.921. The highest BCUT2D eigenvalue weighted by atomic mass is 19.1. The normalized spacial score (nSPS) is 10.4. The van der Waals surface area contributed by atoms with Gasteiger partial charge in [-0.25, -0.2) is 13.6 Å². The second kappa shape index (κ2) is 5.01. The van der Waals surface area contributed by atoms with Crippen LogP contribution < -0.4 is 5.56 Å². The maximum absolute atomic E-state index is 13.4. The average molecular weight is 265 g/mol. The molecule has 0 amide bonds. The Morgan fingerprint density at radius 1 is 1.26 bits per heavy atom. The largest absolute Gasteiger partial charge is 0.477 e. The number of carboxylic acids is 1. The van der Waals surface area contributed by atoms with Gasteiger partial charge < -0.3 is 9.67 Å². The van der Waals surface area contributed by atoms with Crippen molar-refractivity contribution in [2.45, 2.75) is 6.54 Å². The van der Waals surface area contributed by atoms with Gasteiger partial charge in [0.1, 0.15) is 17.2 Å². The zero-order valence-corrected chi connectivity index (χ0v) is 9.64. The van der Waals surface area contributed by atoms with Crippen LogP contribution >= 0.6 is 0 Å². The van der Waals surface area contributed by atoms with Crippen molar-refractivity contribution in [2.75, 3.05) is 0 Å². The van der Waals surface area contributed by atoms with E-state index in [0.717, 1.165) is 28.8 Å². The van der Waals surface area contributed by atoms with Crippen LogP contribution in [0.4, 0.5) is 8.78 Å². The molecule has 0 unspecified atom stereocenters. The molecule has 0 aliphatic heterocycles. The molecule has 0 saturated carbocycles. The van der Waals surface area contributed by atoms with E-state index in [4.69, 9.17) is 5.11 Å². The first-order valence-electron chi connectivity index (χ1n) is 5.35. The zero-order chi connectivity index (χ0) is 14.0. The molecule has 0 saturated heterocycles. The smallest absolute Gasteiger partial charge is 0.341 e. The van der Waals surface area contributed by atoms with E-state index in [9.17, 15) is 18.4 Å². The van der Waals surface area contributed by atoms with Crippen LogP contribution in [0.1, 0.15) is 15.9 Å². The molecule has 0 atom stereocenters. The lowest BCUT2D eigenvalue weighted by Crippen LogP contribution is -2.26. The summed E-state index contributed by atoms with van der Waals surface area (Å²) in [4.78, 5) is 22.6. The second-order valence-electron chi connectivity index (χ2n) is 3.90. The Morgan fingerprint density at radius 2 is 2.00 bits per heavy atom. The van der Waals surface area contributed by atoms with Crippen LogP contribution in [0.2, 0.25) is 0 Å². The molecule has 2 rings (SSSR count). The van der Waals surface area contributed by atoms with Gasteiger partial charge >= 0.3 is 5.97 Å². The summed E-state index contributed by atoms with van der Waals surface area (Å²) in [5, 5.41) is 8.81. The fourth-order valence-corrected chi connectivity index (χ4v) is 1.67. The van der Waals surface area contributed by atoms with E-state index in [1.807, 2.05) is 0 Å². The van der Waals surface area contributed by atoms with Crippen LogP contribution in [0, 0.1) is 11.6 Å². The lowest BCUT2D eigenvalue weighted by atomic mass is 10.2. The highest BCUT2D eigenvalue weighted by Crippen LogP contribution is 2.10. The molecule has 0 aliphatic carbocycles. The van der Waals surface area contributed by atoms with Crippen molar-refractivity contribution < 1.29 is 18.7 Å². The van der Waals surface area contributed by atoms with Crippen molar-refractivity contribution in [1.82, 2.24) is 4.57 Å². The molecule has 0 bridgehead atoms. The van der Waals surface area contributed by atoms with Crippen LogP contribution in [0.15, 0.2) is 41.3 Å². The molecule has 1 N–H and O–H groups in total. The van der Waals surface area contributed by atoms with Gasteiger partial charge in [-0.15, -0.1) is 0 Å². The Balaban J connectivity index is 2.44. The Bertz CT molecular complexity index is 695. The summed E-state index contributed by atoms with van der Waals surface area (Å²) in [6.45, 7) is -0.233. The molecule has 0 spiro atoms. The van der Waals surface area contributed by atoms with Crippen LogP contribution in [0.5, 0.6) is 0 Å². The van der Waals surface area contributed by atoms with E-state index in [1.165, 1.54) is 12.3 Å². The third kappa shape index (κ3) is 2.67. The Morgan fingerprint density at radius 3 is 2.68 bits per heavy atom. The predicted octanol–water partition coefficient (Wildman–Crippen LogP) is 1.87. The molecule has 1 aromatic carbocycles. The molecule has 6 heteroatoms. The Labute approximate surface area is 106 Å². The number of carbonyl (C=O) groups is 1. The van der Waals surface area contributed by atoms with Crippen molar-refractivity contribution in [3.05, 3.63) is 69.6 Å². The fourth-order valence-electron chi connectivity index (χ4n) is 1.67. The van der Waals surface area contributed by atoms with Crippen LogP contribution in [-0.4, -0.2) is 15.6 Å². The number of carboxylic acid groups (broad SMARTS) is 1. The number of aromatic nitrogens is 1. The van der Waals surface area contributed by atoms with Crippen molar-refractivity contribution in [3.63, 3.8) is 0 Å². The Hall–Kier alpha value is -2.50. The molecule has 2 aromatic rings. The lowest BCUT2D eigenvalue weighted by Gasteiger charge is -2.07. The van der Waals surface area contributed by atoms with Gasteiger partial charge in [0.2, 0.25) is 0 Å². The summed E-state index contributed by atoms with van der Waals surface area (Å²) < 4.78 is 27.5. The molecule has 98 valence electrons. The van der Waals surface area contributed by atoms with E-state index in [0.29, 0.717) is 0 Å². The van der Waals surface area contributed by atoms with E-state index in [-0.39, 0.29) is 12.1 Å². The average Bonchev–Trinajstić information content (AvgIpc) is 2.36. The zero-order valence-electron chi connectivity index (χ0n) is 9.64. The number of nitrogens with zero attached hydrogens (tertiary/aromatic N) is 1. The summed E-state index contributed by atoms with van der Waals surface area (Å²) in [6.07, 6.45) is 1.32. The predicted molar refractivity (Wildman–Crippen MR) is 63.1 cm³/mol. The third-order valence-corrected chi connectivity index (χ3v) is 2.60. The third-order valence-electron chi connectivity index (χ3n) is 2.60. The maximum Gasteiger partial charge on any atom is 0.341 e. The number of benzene rings is 1. The molecule has 19 heavy (non-hydrogen) atoms. The number of aromatic carboxylic acids is 1.